The summed E-state index contributed by atoms with van der Waals surface area (Å²) in [6, 6.07) is 15.4. The van der Waals surface area contributed by atoms with Crippen molar-refractivity contribution in [2.45, 2.75) is 38.8 Å². The van der Waals surface area contributed by atoms with Crippen LogP contribution in [-0.2, 0) is 17.6 Å². The number of fused-ring (bicyclic) bond motifs is 4. The van der Waals surface area contributed by atoms with Crippen molar-refractivity contribution in [3.05, 3.63) is 105 Å². The molecule has 1 aliphatic heterocycles. The maximum Gasteiger partial charge on any atom is 0.273 e. The minimum absolute atomic E-state index is 0. The summed E-state index contributed by atoms with van der Waals surface area (Å²) in [4.78, 5) is 63.8. The lowest BCUT2D eigenvalue weighted by Gasteiger charge is -2.25. The van der Waals surface area contributed by atoms with E-state index in [0.29, 0.717) is 30.0 Å². The predicted octanol–water partition coefficient (Wildman–Crippen LogP) is 3.47. The highest BCUT2D eigenvalue weighted by Gasteiger charge is 2.28. The van der Waals surface area contributed by atoms with E-state index in [9.17, 15) is 19.2 Å². The first-order chi connectivity index (χ1) is 22.2. The van der Waals surface area contributed by atoms with Gasteiger partial charge in [-0.15, -0.1) is 23.7 Å². The Morgan fingerprint density at radius 1 is 1.00 bits per heavy atom. The summed E-state index contributed by atoms with van der Waals surface area (Å²) < 4.78 is 5.70. The van der Waals surface area contributed by atoms with Gasteiger partial charge in [-0.3, -0.25) is 19.2 Å². The Morgan fingerprint density at radius 2 is 1.74 bits per heavy atom. The summed E-state index contributed by atoms with van der Waals surface area (Å²) in [7, 11) is 0. The predicted molar refractivity (Wildman–Crippen MR) is 179 cm³/mol. The van der Waals surface area contributed by atoms with Gasteiger partial charge in [0.25, 0.3) is 17.7 Å². The Bertz CT molecular complexity index is 1680. The molecule has 4 bridgehead atoms. The van der Waals surface area contributed by atoms with Gasteiger partial charge in [-0.05, 0) is 42.1 Å². The monoisotopic (exact) mass is 679 g/mol. The largest absolute Gasteiger partial charge is 0.446 e. The van der Waals surface area contributed by atoms with E-state index >= 15 is 0 Å². The molecule has 14 heteroatoms. The van der Waals surface area contributed by atoms with Crippen molar-refractivity contribution < 1.29 is 23.6 Å². The number of hydrogen-bond acceptors (Lipinski definition) is 9. The van der Waals surface area contributed by atoms with E-state index in [-0.39, 0.29) is 61.1 Å². The van der Waals surface area contributed by atoms with Crippen LogP contribution in [0, 0.1) is 5.92 Å². The first kappa shape index (κ1) is 35.3. The van der Waals surface area contributed by atoms with Gasteiger partial charge in [0.1, 0.15) is 23.0 Å². The van der Waals surface area contributed by atoms with Gasteiger partial charge in [0.15, 0.2) is 5.69 Å². The fourth-order valence-electron chi connectivity index (χ4n) is 5.09. The highest BCUT2D eigenvalue weighted by molar-refractivity contribution is 7.09. The maximum absolute atomic E-state index is 13.6. The van der Waals surface area contributed by atoms with Crippen LogP contribution < -0.4 is 21.7 Å². The second-order valence-electron chi connectivity index (χ2n) is 11.4. The second-order valence-corrected chi connectivity index (χ2v) is 12.3. The minimum atomic E-state index is -0.689. The smallest absolute Gasteiger partial charge is 0.273 e. The fourth-order valence-corrected chi connectivity index (χ4v) is 6.11. The number of oxazole rings is 1. The standard InChI is InChI=1S/C33H37N7O5S.ClH/c1-20(2)28-32-38-26(19-46-32)30(43)36-24(16-22-6-4-3-5-7-22)31-37-25(18-45-31)29(42)35-14-15-40(17-27(41)39-28)33(44)23-10-8-21(9-11-23)12-13-34;/h3-11,18-20,24,28H,12-17,34H2,1-2H3,(H,35,42)(H,36,43)(H,39,41);1H/t24-,28-;/m0./s1. The summed E-state index contributed by atoms with van der Waals surface area (Å²) in [6.07, 6.45) is 2.27. The van der Waals surface area contributed by atoms with Crippen LogP contribution in [-0.4, -0.2) is 64.7 Å². The normalized spacial score (nSPS) is 17.5. The Morgan fingerprint density at radius 3 is 2.45 bits per heavy atom. The van der Waals surface area contributed by atoms with Crippen LogP contribution in [0.1, 0.15) is 79.3 Å². The van der Waals surface area contributed by atoms with E-state index in [1.54, 1.807) is 17.5 Å². The van der Waals surface area contributed by atoms with Gasteiger partial charge < -0.3 is 31.0 Å². The van der Waals surface area contributed by atoms with Crippen molar-refractivity contribution in [2.75, 3.05) is 26.2 Å². The van der Waals surface area contributed by atoms with E-state index in [1.807, 2.05) is 56.3 Å². The van der Waals surface area contributed by atoms with Crippen molar-refractivity contribution in [3.63, 3.8) is 0 Å². The average molecular weight is 680 g/mol. The van der Waals surface area contributed by atoms with Crippen molar-refractivity contribution in [1.29, 1.82) is 0 Å². The fraction of sp³-hybridized carbons (Fsp3) is 0.333. The number of carbonyl (C=O) groups is 4. The van der Waals surface area contributed by atoms with Crippen molar-refractivity contribution in [3.8, 4) is 0 Å². The molecule has 1 aliphatic rings. The van der Waals surface area contributed by atoms with Gasteiger partial charge in [-0.2, -0.15) is 0 Å². The third-order valence-electron chi connectivity index (χ3n) is 7.57. The molecule has 3 heterocycles. The van der Waals surface area contributed by atoms with E-state index in [2.05, 4.69) is 25.9 Å². The number of halogens is 1. The molecule has 2 aromatic heterocycles. The van der Waals surface area contributed by atoms with Crippen molar-refractivity contribution in [2.24, 2.45) is 11.7 Å². The number of carbonyl (C=O) groups excluding carboxylic acids is 4. The quantitative estimate of drug-likeness (QED) is 0.240. The van der Waals surface area contributed by atoms with Gasteiger partial charge in [-0.25, -0.2) is 9.97 Å². The highest BCUT2D eigenvalue weighted by atomic mass is 35.5. The molecule has 0 saturated heterocycles. The summed E-state index contributed by atoms with van der Waals surface area (Å²) in [6.45, 7) is 4.23. The van der Waals surface area contributed by atoms with E-state index in [4.69, 9.17) is 10.2 Å². The zero-order chi connectivity index (χ0) is 32.6. The number of rotatable bonds is 6. The number of benzene rings is 2. The summed E-state index contributed by atoms with van der Waals surface area (Å²) in [5, 5.41) is 10.9. The number of nitrogens with zero attached hydrogens (tertiary/aromatic N) is 3. The minimum Gasteiger partial charge on any atom is -0.446 e. The van der Waals surface area contributed by atoms with Crippen LogP contribution in [0.3, 0.4) is 0 Å². The van der Waals surface area contributed by atoms with Crippen LogP contribution in [0.2, 0.25) is 0 Å². The zero-order valence-corrected chi connectivity index (χ0v) is 27.7. The van der Waals surface area contributed by atoms with Crippen LogP contribution in [0.4, 0.5) is 0 Å². The molecule has 0 aliphatic carbocycles. The Labute approximate surface area is 282 Å². The molecule has 0 saturated carbocycles. The lowest BCUT2D eigenvalue weighted by molar-refractivity contribution is -0.122. The van der Waals surface area contributed by atoms with E-state index in [0.717, 1.165) is 11.1 Å². The van der Waals surface area contributed by atoms with Crippen LogP contribution >= 0.6 is 23.7 Å². The molecular weight excluding hydrogens is 642 g/mol. The molecule has 2 aromatic carbocycles. The third-order valence-corrected chi connectivity index (χ3v) is 8.50. The Balaban J connectivity index is 0.00000500. The Hall–Kier alpha value is -4.59. The number of hydrogen-bond donors (Lipinski definition) is 4. The molecule has 5 N–H and O–H groups in total. The molecule has 0 unspecified atom stereocenters. The van der Waals surface area contributed by atoms with Gasteiger partial charge in [-0.1, -0.05) is 56.3 Å². The average Bonchev–Trinajstić information content (AvgIpc) is 3.74. The zero-order valence-electron chi connectivity index (χ0n) is 26.1. The van der Waals surface area contributed by atoms with E-state index in [1.165, 1.54) is 22.5 Å². The molecule has 4 aromatic rings. The molecular formula is C33H38ClN7O5S. The molecule has 0 radical (unpaired) electrons. The first-order valence-corrected chi connectivity index (χ1v) is 16.0. The second kappa shape index (κ2) is 16.3. The SMILES string of the molecule is CC(C)[C@@H]1NC(=O)CN(C(=O)c2ccc(CCN)cc2)CCNC(=O)c2coc(n2)[C@H](Cc2ccccc2)NC(=O)c2csc1n2.Cl. The first-order valence-electron chi connectivity index (χ1n) is 15.1. The lowest BCUT2D eigenvalue weighted by Crippen LogP contribution is -2.45. The summed E-state index contributed by atoms with van der Waals surface area (Å²) in [5.41, 5.74) is 8.19. The molecule has 248 valence electrons. The number of nitrogens with two attached hydrogens (primary N) is 1. The van der Waals surface area contributed by atoms with Gasteiger partial charge in [0.2, 0.25) is 11.8 Å². The summed E-state index contributed by atoms with van der Waals surface area (Å²) >= 11 is 1.27. The Kier molecular flexibility index (Phi) is 12.2. The number of nitrogens with one attached hydrogen (secondary N) is 3. The third kappa shape index (κ3) is 9.03. The molecule has 2 atom stereocenters. The van der Waals surface area contributed by atoms with E-state index < -0.39 is 29.8 Å². The van der Waals surface area contributed by atoms with Crippen molar-refractivity contribution >= 4 is 47.4 Å². The maximum atomic E-state index is 13.6. The molecule has 0 fully saturated rings. The summed E-state index contributed by atoms with van der Waals surface area (Å²) in [5.74, 6) is -1.62. The van der Waals surface area contributed by atoms with Gasteiger partial charge in [0.05, 0.1) is 12.6 Å². The topological polar surface area (TPSA) is 173 Å². The highest BCUT2D eigenvalue weighted by Crippen LogP contribution is 2.26. The molecule has 47 heavy (non-hydrogen) atoms. The molecule has 0 spiro atoms. The van der Waals surface area contributed by atoms with Crippen LogP contribution in [0.15, 0.2) is 70.7 Å². The number of thiazole rings is 1. The molecule has 12 nitrogen and oxygen atoms in total. The van der Waals surface area contributed by atoms with Crippen LogP contribution in [0.5, 0.6) is 0 Å². The molecule has 4 amide bonds. The van der Waals surface area contributed by atoms with Crippen molar-refractivity contribution in [1.82, 2.24) is 30.8 Å². The number of aromatic nitrogens is 2. The van der Waals surface area contributed by atoms with Gasteiger partial charge in [0, 0.05) is 30.5 Å². The molecule has 5 rings (SSSR count). The van der Waals surface area contributed by atoms with Crippen LogP contribution in [0.25, 0.3) is 0 Å². The lowest BCUT2D eigenvalue weighted by atomic mass is 10.0. The van der Waals surface area contributed by atoms with Gasteiger partial charge >= 0.3 is 0 Å². The number of amides is 4.